The molecule has 11 heteroatoms. The fourth-order valence-corrected chi connectivity index (χ4v) is 5.19. The van der Waals surface area contributed by atoms with E-state index in [1.54, 1.807) is 0 Å². The Morgan fingerprint density at radius 2 is 2.03 bits per heavy atom. The van der Waals surface area contributed by atoms with Gasteiger partial charge in [-0.1, -0.05) is 11.6 Å². The fraction of sp³-hybridized carbons (Fsp3) is 0.600. The first kappa shape index (κ1) is 20.4. The third-order valence-corrected chi connectivity index (χ3v) is 6.94. The normalized spacial score (nSPS) is 26.1. The average Bonchev–Trinajstić information content (AvgIpc) is 3.28. The maximum Gasteiger partial charge on any atom is 0.407 e. The first-order chi connectivity index (χ1) is 14.9. The molecular formula is C20H24ClFN6O3. The molecule has 31 heavy (non-hydrogen) atoms. The summed E-state index contributed by atoms with van der Waals surface area (Å²) >= 11 is 5.91. The van der Waals surface area contributed by atoms with Crippen LogP contribution in [0.1, 0.15) is 25.7 Å². The second-order valence-electron chi connectivity index (χ2n) is 8.52. The van der Waals surface area contributed by atoms with Crippen molar-refractivity contribution in [3.05, 3.63) is 17.2 Å². The molecule has 0 radical (unpaired) electrons. The van der Waals surface area contributed by atoms with Crippen molar-refractivity contribution >= 4 is 34.4 Å². The molecule has 1 N–H and O–H groups in total. The predicted molar refractivity (Wildman–Crippen MR) is 112 cm³/mol. The molecule has 166 valence electrons. The van der Waals surface area contributed by atoms with Crippen LogP contribution in [0.15, 0.2) is 6.20 Å². The van der Waals surface area contributed by atoms with Crippen LogP contribution in [0.4, 0.5) is 15.0 Å². The van der Waals surface area contributed by atoms with Crippen molar-refractivity contribution < 1.29 is 19.0 Å². The SMILES string of the molecule is CN1CCCC1COc1nc(N2C[C@H]3CC[C@@H](C2)N3C(=O)O)c2cnc(Cl)c(F)c2n1. The van der Waals surface area contributed by atoms with Crippen molar-refractivity contribution in [3.63, 3.8) is 0 Å². The number of likely N-dealkylation sites (N-methyl/N-ethyl adjacent to an activating group) is 1. The standard InChI is InChI=1S/C20H24ClFN6O3/c1-26-6-2-3-13(26)10-31-19-24-16-14(7-23-17(21)15(16)22)18(25-19)27-8-11-4-5-12(9-27)28(11)20(29)30/h7,11-13H,2-6,8-10H2,1H3,(H,29,30)/t11-,12+,13?. The Morgan fingerprint density at radius 1 is 1.29 bits per heavy atom. The number of rotatable bonds is 4. The Morgan fingerprint density at radius 3 is 2.68 bits per heavy atom. The van der Waals surface area contributed by atoms with Gasteiger partial charge < -0.3 is 19.6 Å². The maximum absolute atomic E-state index is 14.8. The van der Waals surface area contributed by atoms with E-state index < -0.39 is 11.9 Å². The molecule has 0 saturated carbocycles. The summed E-state index contributed by atoms with van der Waals surface area (Å²) in [5.41, 5.74) is 0.0628. The highest BCUT2D eigenvalue weighted by Crippen LogP contribution is 2.36. The van der Waals surface area contributed by atoms with Gasteiger partial charge in [0.25, 0.3) is 0 Å². The van der Waals surface area contributed by atoms with Crippen LogP contribution in [-0.4, -0.2) is 87.4 Å². The summed E-state index contributed by atoms with van der Waals surface area (Å²) in [7, 11) is 2.05. The summed E-state index contributed by atoms with van der Waals surface area (Å²) in [6.45, 7) is 2.39. The van der Waals surface area contributed by atoms with Gasteiger partial charge in [0.05, 0.1) is 17.5 Å². The number of carboxylic acid groups (broad SMARTS) is 1. The lowest BCUT2D eigenvalue weighted by Crippen LogP contribution is -2.55. The van der Waals surface area contributed by atoms with Crippen LogP contribution in [-0.2, 0) is 0 Å². The number of ether oxygens (including phenoxy) is 1. The van der Waals surface area contributed by atoms with Gasteiger partial charge in [-0.25, -0.2) is 14.2 Å². The zero-order chi connectivity index (χ0) is 21.7. The van der Waals surface area contributed by atoms with E-state index in [0.717, 1.165) is 32.2 Å². The Hall–Kier alpha value is -2.46. The first-order valence-electron chi connectivity index (χ1n) is 10.5. The van der Waals surface area contributed by atoms with Crippen molar-refractivity contribution in [2.75, 3.05) is 38.2 Å². The van der Waals surface area contributed by atoms with Crippen LogP contribution >= 0.6 is 11.6 Å². The summed E-state index contributed by atoms with van der Waals surface area (Å²) in [5, 5.41) is 9.72. The van der Waals surface area contributed by atoms with Crippen LogP contribution in [0.3, 0.4) is 0 Å². The summed E-state index contributed by atoms with van der Waals surface area (Å²) < 4.78 is 20.7. The van der Waals surface area contributed by atoms with Crippen LogP contribution in [0.5, 0.6) is 6.01 Å². The zero-order valence-corrected chi connectivity index (χ0v) is 17.9. The molecule has 1 unspecified atom stereocenters. The molecule has 3 aliphatic rings. The van der Waals surface area contributed by atoms with Gasteiger partial charge in [0, 0.05) is 25.3 Å². The smallest absolute Gasteiger partial charge is 0.407 e. The quantitative estimate of drug-likeness (QED) is 0.710. The largest absolute Gasteiger partial charge is 0.465 e. The lowest BCUT2D eigenvalue weighted by atomic mass is 10.2. The summed E-state index contributed by atoms with van der Waals surface area (Å²) in [6, 6.07) is 0.117. The number of likely N-dealkylation sites (tertiary alicyclic amines) is 1. The lowest BCUT2D eigenvalue weighted by Gasteiger charge is -2.40. The summed E-state index contributed by atoms with van der Waals surface area (Å²) in [6.07, 6.45) is 4.31. The number of hydrogen-bond donors (Lipinski definition) is 1. The monoisotopic (exact) mass is 450 g/mol. The predicted octanol–water partition coefficient (Wildman–Crippen LogP) is 2.62. The Balaban J connectivity index is 1.49. The van der Waals surface area contributed by atoms with E-state index in [1.807, 2.05) is 4.90 Å². The van der Waals surface area contributed by atoms with Crippen molar-refractivity contribution in [2.24, 2.45) is 0 Å². The first-order valence-corrected chi connectivity index (χ1v) is 10.9. The fourth-order valence-electron chi connectivity index (χ4n) is 5.05. The second kappa shape index (κ2) is 7.90. The van der Waals surface area contributed by atoms with Gasteiger partial charge in [-0.05, 0) is 39.3 Å². The molecule has 2 bridgehead atoms. The van der Waals surface area contributed by atoms with E-state index in [1.165, 1.54) is 11.1 Å². The molecule has 0 aromatic carbocycles. The number of nitrogens with zero attached hydrogens (tertiary/aromatic N) is 6. The Labute approximate surface area is 183 Å². The molecule has 0 spiro atoms. The van der Waals surface area contributed by atoms with Gasteiger partial charge >= 0.3 is 12.1 Å². The number of fused-ring (bicyclic) bond motifs is 3. The number of aromatic nitrogens is 3. The number of halogens is 2. The van der Waals surface area contributed by atoms with Crippen LogP contribution in [0.2, 0.25) is 5.15 Å². The van der Waals surface area contributed by atoms with Crippen molar-refractivity contribution in [1.29, 1.82) is 0 Å². The minimum absolute atomic E-state index is 0.0628. The molecule has 0 aliphatic carbocycles. The van der Waals surface area contributed by atoms with Gasteiger partial charge in [-0.15, -0.1) is 0 Å². The number of amides is 1. The van der Waals surface area contributed by atoms with Crippen LogP contribution < -0.4 is 9.64 Å². The number of pyridine rings is 1. The van der Waals surface area contributed by atoms with Gasteiger partial charge in [0.15, 0.2) is 11.0 Å². The van der Waals surface area contributed by atoms with E-state index in [2.05, 4.69) is 26.9 Å². The molecule has 2 aromatic heterocycles. The molecule has 3 aliphatic heterocycles. The number of carbonyl (C=O) groups is 1. The van der Waals surface area contributed by atoms with Crippen molar-refractivity contribution in [1.82, 2.24) is 24.8 Å². The third kappa shape index (κ3) is 3.61. The zero-order valence-electron chi connectivity index (χ0n) is 17.2. The number of anilines is 1. The highest BCUT2D eigenvalue weighted by Gasteiger charge is 2.43. The number of piperazine rings is 1. The van der Waals surface area contributed by atoms with Crippen LogP contribution in [0, 0.1) is 5.82 Å². The molecule has 5 rings (SSSR count). The van der Waals surface area contributed by atoms with Crippen LogP contribution in [0.25, 0.3) is 10.9 Å². The number of hydrogen-bond acceptors (Lipinski definition) is 7. The van der Waals surface area contributed by atoms with Crippen molar-refractivity contribution in [3.8, 4) is 6.01 Å². The van der Waals surface area contributed by atoms with E-state index in [4.69, 9.17) is 16.3 Å². The molecule has 3 saturated heterocycles. The third-order valence-electron chi connectivity index (χ3n) is 6.68. The summed E-state index contributed by atoms with van der Waals surface area (Å²) in [4.78, 5) is 30.2. The van der Waals surface area contributed by atoms with E-state index >= 15 is 0 Å². The molecule has 2 aromatic rings. The molecule has 3 fully saturated rings. The maximum atomic E-state index is 14.8. The lowest BCUT2D eigenvalue weighted by molar-refractivity contribution is 0.114. The molecule has 5 heterocycles. The Bertz CT molecular complexity index is 1010. The molecule has 1 amide bonds. The molecular weight excluding hydrogens is 427 g/mol. The average molecular weight is 451 g/mol. The van der Waals surface area contributed by atoms with E-state index in [0.29, 0.717) is 30.9 Å². The second-order valence-corrected chi connectivity index (χ2v) is 8.88. The minimum atomic E-state index is -0.899. The highest BCUT2D eigenvalue weighted by atomic mass is 35.5. The van der Waals surface area contributed by atoms with Gasteiger partial charge in [0.2, 0.25) is 0 Å². The van der Waals surface area contributed by atoms with Crippen molar-refractivity contribution in [2.45, 2.75) is 43.8 Å². The van der Waals surface area contributed by atoms with E-state index in [9.17, 15) is 14.3 Å². The van der Waals surface area contributed by atoms with Gasteiger partial charge in [-0.3, -0.25) is 4.90 Å². The summed E-state index contributed by atoms with van der Waals surface area (Å²) in [5.74, 6) is -0.206. The van der Waals surface area contributed by atoms with Gasteiger partial charge in [-0.2, -0.15) is 9.97 Å². The van der Waals surface area contributed by atoms with E-state index in [-0.39, 0.29) is 34.8 Å². The minimum Gasteiger partial charge on any atom is -0.465 e. The molecule has 3 atom stereocenters. The van der Waals surface area contributed by atoms with Gasteiger partial charge in [0.1, 0.15) is 17.9 Å². The Kier molecular flexibility index (Phi) is 5.21. The molecule has 9 nitrogen and oxygen atoms in total. The highest BCUT2D eigenvalue weighted by molar-refractivity contribution is 6.30. The topological polar surface area (TPSA) is 94.9 Å².